The second kappa shape index (κ2) is 5.15. The van der Waals surface area contributed by atoms with E-state index < -0.39 is 5.60 Å². The minimum Gasteiger partial charge on any atom is -0.482 e. The van der Waals surface area contributed by atoms with Crippen LogP contribution in [0, 0.1) is 0 Å². The number of para-hydroxylation sites is 1. The van der Waals surface area contributed by atoms with E-state index in [2.05, 4.69) is 4.98 Å². The summed E-state index contributed by atoms with van der Waals surface area (Å²) in [5.41, 5.74) is 1.47. The Bertz CT molecular complexity index is 691. The molecule has 0 unspecified atom stereocenters. The molecule has 0 saturated heterocycles. The minimum atomic E-state index is -0.436. The second-order valence-electron chi connectivity index (χ2n) is 5.38. The molecule has 0 amide bonds. The lowest BCUT2D eigenvalue weighted by molar-refractivity contribution is -0.142. The average molecular weight is 303 g/mol. The van der Waals surface area contributed by atoms with E-state index in [1.807, 2.05) is 38.1 Å². The largest absolute Gasteiger partial charge is 0.482 e. The van der Waals surface area contributed by atoms with Gasteiger partial charge in [0.1, 0.15) is 16.4 Å². The zero-order valence-electron chi connectivity index (χ0n) is 12.3. The quantitative estimate of drug-likeness (QED) is 0.814. The summed E-state index contributed by atoms with van der Waals surface area (Å²) < 4.78 is 11.1. The fourth-order valence-electron chi connectivity index (χ4n) is 2.44. The van der Waals surface area contributed by atoms with E-state index in [1.165, 1.54) is 11.3 Å². The number of thiazole rings is 1. The Kier molecular flexibility index (Phi) is 3.45. The van der Waals surface area contributed by atoms with Gasteiger partial charge < -0.3 is 9.47 Å². The number of carbonyl (C=O) groups is 1. The third kappa shape index (κ3) is 2.53. The van der Waals surface area contributed by atoms with Crippen LogP contribution < -0.4 is 4.74 Å². The summed E-state index contributed by atoms with van der Waals surface area (Å²) in [6, 6.07) is 7.86. The maximum absolute atomic E-state index is 11.6. The Hall–Kier alpha value is -1.88. The van der Waals surface area contributed by atoms with Crippen LogP contribution in [0.5, 0.6) is 5.75 Å². The van der Waals surface area contributed by atoms with Crippen LogP contribution in [0.25, 0.3) is 11.3 Å². The highest BCUT2D eigenvalue weighted by Crippen LogP contribution is 2.47. The summed E-state index contributed by atoms with van der Waals surface area (Å²) in [6.07, 6.45) is 0.212. The van der Waals surface area contributed by atoms with Crippen LogP contribution in [-0.2, 0) is 21.6 Å². The molecule has 1 aliphatic rings. The van der Waals surface area contributed by atoms with Crippen molar-refractivity contribution >= 4 is 17.3 Å². The topological polar surface area (TPSA) is 48.4 Å². The van der Waals surface area contributed by atoms with Crippen LogP contribution in [0.2, 0.25) is 0 Å². The Morgan fingerprint density at radius 1 is 1.38 bits per heavy atom. The SMILES string of the molecule is CCOC(=O)Cc1nc2c(s1)C(C)(C)Oc1ccccc1-2. The number of fused-ring (bicyclic) bond motifs is 3. The average Bonchev–Trinajstić information content (AvgIpc) is 2.83. The van der Waals surface area contributed by atoms with Crippen LogP contribution in [0.1, 0.15) is 30.7 Å². The smallest absolute Gasteiger partial charge is 0.312 e. The molecule has 0 saturated carbocycles. The van der Waals surface area contributed by atoms with Crippen molar-refractivity contribution in [2.75, 3.05) is 6.61 Å². The van der Waals surface area contributed by atoms with Crippen molar-refractivity contribution < 1.29 is 14.3 Å². The number of rotatable bonds is 3. The van der Waals surface area contributed by atoms with Crippen molar-refractivity contribution in [1.82, 2.24) is 4.98 Å². The van der Waals surface area contributed by atoms with Crippen molar-refractivity contribution in [2.45, 2.75) is 32.8 Å². The van der Waals surface area contributed by atoms with Gasteiger partial charge in [0.25, 0.3) is 0 Å². The van der Waals surface area contributed by atoms with Crippen LogP contribution >= 0.6 is 11.3 Å². The van der Waals surface area contributed by atoms with Crippen LogP contribution in [0.3, 0.4) is 0 Å². The fourth-order valence-corrected chi connectivity index (χ4v) is 3.54. The molecule has 5 heteroatoms. The van der Waals surface area contributed by atoms with Crippen LogP contribution in [0.15, 0.2) is 24.3 Å². The summed E-state index contributed by atoms with van der Waals surface area (Å²) in [4.78, 5) is 17.3. The lowest BCUT2D eigenvalue weighted by Crippen LogP contribution is -2.27. The monoisotopic (exact) mass is 303 g/mol. The maximum Gasteiger partial charge on any atom is 0.312 e. The molecule has 0 aliphatic carbocycles. The number of hydrogen-bond acceptors (Lipinski definition) is 5. The summed E-state index contributed by atoms with van der Waals surface area (Å²) in [7, 11) is 0. The minimum absolute atomic E-state index is 0.212. The first-order chi connectivity index (χ1) is 10.0. The van der Waals surface area contributed by atoms with Gasteiger partial charge in [-0.3, -0.25) is 4.79 Å². The molecule has 110 valence electrons. The Balaban J connectivity index is 2.02. The standard InChI is InChI=1S/C16H17NO3S/c1-4-19-13(18)9-12-17-14-10-7-5-6-8-11(10)20-16(2,3)15(14)21-12/h5-8H,4,9H2,1-3H3. The van der Waals surface area contributed by atoms with Gasteiger partial charge in [0.2, 0.25) is 0 Å². The van der Waals surface area contributed by atoms with Gasteiger partial charge in [0.05, 0.1) is 23.6 Å². The maximum atomic E-state index is 11.6. The van der Waals surface area contributed by atoms with E-state index in [-0.39, 0.29) is 12.4 Å². The van der Waals surface area contributed by atoms with Gasteiger partial charge in [-0.2, -0.15) is 0 Å². The molecule has 2 heterocycles. The summed E-state index contributed by atoms with van der Waals surface area (Å²) >= 11 is 1.52. The van der Waals surface area contributed by atoms with Gasteiger partial charge >= 0.3 is 5.97 Å². The highest BCUT2D eigenvalue weighted by atomic mass is 32.1. The Labute approximate surface area is 127 Å². The molecule has 0 bridgehead atoms. The van der Waals surface area contributed by atoms with Crippen molar-refractivity contribution in [2.24, 2.45) is 0 Å². The molecule has 1 aromatic heterocycles. The van der Waals surface area contributed by atoms with Gasteiger partial charge in [-0.15, -0.1) is 11.3 Å². The lowest BCUT2D eigenvalue weighted by Gasteiger charge is -2.31. The van der Waals surface area contributed by atoms with Gasteiger partial charge in [-0.25, -0.2) is 4.98 Å². The lowest BCUT2D eigenvalue weighted by atomic mass is 9.97. The summed E-state index contributed by atoms with van der Waals surface area (Å²) in [5, 5.41) is 0.770. The van der Waals surface area contributed by atoms with Gasteiger partial charge in [-0.1, -0.05) is 12.1 Å². The van der Waals surface area contributed by atoms with E-state index in [9.17, 15) is 4.79 Å². The molecule has 0 radical (unpaired) electrons. The predicted molar refractivity (Wildman–Crippen MR) is 81.5 cm³/mol. The molecule has 0 fully saturated rings. The number of hydrogen-bond donors (Lipinski definition) is 0. The van der Waals surface area contributed by atoms with Crippen molar-refractivity contribution in [3.05, 3.63) is 34.2 Å². The van der Waals surface area contributed by atoms with Gasteiger partial charge in [0.15, 0.2) is 0 Å². The zero-order chi connectivity index (χ0) is 15.0. The summed E-state index contributed by atoms with van der Waals surface area (Å²) in [5.74, 6) is 0.596. The molecule has 0 spiro atoms. The van der Waals surface area contributed by atoms with Crippen molar-refractivity contribution in [3.63, 3.8) is 0 Å². The van der Waals surface area contributed by atoms with Crippen LogP contribution in [0.4, 0.5) is 0 Å². The normalized spacial score (nSPS) is 14.8. The molecule has 1 aliphatic heterocycles. The molecule has 4 nitrogen and oxygen atoms in total. The highest BCUT2D eigenvalue weighted by Gasteiger charge is 2.36. The number of benzene rings is 1. The first kappa shape index (κ1) is 14.1. The van der Waals surface area contributed by atoms with Crippen LogP contribution in [-0.4, -0.2) is 17.6 Å². The molecular formula is C16H17NO3S. The van der Waals surface area contributed by atoms with Crippen molar-refractivity contribution in [3.8, 4) is 17.0 Å². The molecular weight excluding hydrogens is 286 g/mol. The first-order valence-electron chi connectivity index (χ1n) is 6.95. The Morgan fingerprint density at radius 2 is 2.14 bits per heavy atom. The third-order valence-corrected chi connectivity index (χ3v) is 4.69. The van der Waals surface area contributed by atoms with E-state index in [4.69, 9.17) is 9.47 Å². The number of carbonyl (C=O) groups excluding carboxylic acids is 1. The Morgan fingerprint density at radius 3 is 2.90 bits per heavy atom. The zero-order valence-corrected chi connectivity index (χ0v) is 13.1. The molecule has 0 atom stereocenters. The number of ether oxygens (including phenoxy) is 2. The van der Waals surface area contributed by atoms with Crippen molar-refractivity contribution in [1.29, 1.82) is 0 Å². The first-order valence-corrected chi connectivity index (χ1v) is 7.77. The van der Waals surface area contributed by atoms with Gasteiger partial charge in [-0.05, 0) is 32.9 Å². The molecule has 2 aromatic rings. The molecule has 21 heavy (non-hydrogen) atoms. The molecule has 0 N–H and O–H groups in total. The fraction of sp³-hybridized carbons (Fsp3) is 0.375. The van der Waals surface area contributed by atoms with Gasteiger partial charge in [0, 0.05) is 5.56 Å². The second-order valence-corrected chi connectivity index (χ2v) is 6.46. The molecule has 1 aromatic carbocycles. The summed E-state index contributed by atoms with van der Waals surface area (Å²) in [6.45, 7) is 6.24. The van der Waals surface area contributed by atoms with E-state index >= 15 is 0 Å². The number of nitrogens with zero attached hydrogens (tertiary/aromatic N) is 1. The number of esters is 1. The van der Waals surface area contributed by atoms with E-state index in [1.54, 1.807) is 6.92 Å². The van der Waals surface area contributed by atoms with E-state index in [0.717, 1.165) is 26.9 Å². The number of aromatic nitrogens is 1. The third-order valence-electron chi connectivity index (χ3n) is 3.33. The van der Waals surface area contributed by atoms with E-state index in [0.29, 0.717) is 6.61 Å². The highest BCUT2D eigenvalue weighted by molar-refractivity contribution is 7.12. The molecule has 3 rings (SSSR count). The predicted octanol–water partition coefficient (Wildman–Crippen LogP) is 3.54.